The summed E-state index contributed by atoms with van der Waals surface area (Å²) in [6.45, 7) is 4.03. The van der Waals surface area contributed by atoms with Crippen LogP contribution < -0.4 is 0 Å². The van der Waals surface area contributed by atoms with Gasteiger partial charge >= 0.3 is 0 Å². The summed E-state index contributed by atoms with van der Waals surface area (Å²) < 4.78 is 5.41. The third kappa shape index (κ3) is 1.30. The highest BCUT2D eigenvalue weighted by Crippen LogP contribution is 2.47. The van der Waals surface area contributed by atoms with Crippen molar-refractivity contribution >= 4 is 18.1 Å². The van der Waals surface area contributed by atoms with Gasteiger partial charge in [-0.15, -0.1) is 0 Å². The van der Waals surface area contributed by atoms with Crippen molar-refractivity contribution in [2.24, 2.45) is 11.3 Å². The zero-order chi connectivity index (χ0) is 12.9. The van der Waals surface area contributed by atoms with E-state index in [4.69, 9.17) is 4.42 Å². The molecule has 1 aromatic heterocycles. The van der Waals surface area contributed by atoms with Gasteiger partial charge in [0.2, 0.25) is 0 Å². The zero-order valence-corrected chi connectivity index (χ0v) is 10.4. The van der Waals surface area contributed by atoms with Crippen LogP contribution in [0.4, 0.5) is 0 Å². The van der Waals surface area contributed by atoms with Crippen LogP contribution in [-0.4, -0.2) is 12.1 Å². The first-order chi connectivity index (χ1) is 8.56. The smallest absolute Gasteiger partial charge is 0.159 e. The number of carbonyl (C=O) groups is 2. The first-order valence-corrected chi connectivity index (χ1v) is 6.06. The van der Waals surface area contributed by atoms with Crippen LogP contribution in [0.2, 0.25) is 0 Å². The van der Waals surface area contributed by atoms with Crippen molar-refractivity contribution in [3.05, 3.63) is 40.9 Å². The summed E-state index contributed by atoms with van der Waals surface area (Å²) in [7, 11) is 0. The Morgan fingerprint density at radius 2 is 2.22 bits per heavy atom. The predicted molar refractivity (Wildman–Crippen MR) is 67.2 cm³/mol. The molecule has 2 aliphatic rings. The largest absolute Gasteiger partial charge is 0.464 e. The predicted octanol–water partition coefficient (Wildman–Crippen LogP) is 2.81. The fraction of sp³-hybridized carbons (Fsp3) is 0.333. The van der Waals surface area contributed by atoms with Crippen molar-refractivity contribution in [2.45, 2.75) is 20.3 Å². The Hall–Kier alpha value is -1.90. The fourth-order valence-corrected chi connectivity index (χ4v) is 2.87. The molecule has 18 heavy (non-hydrogen) atoms. The lowest BCUT2D eigenvalue weighted by Crippen LogP contribution is -2.38. The van der Waals surface area contributed by atoms with Gasteiger partial charge < -0.3 is 4.42 Å². The Morgan fingerprint density at radius 3 is 2.94 bits per heavy atom. The van der Waals surface area contributed by atoms with E-state index in [0.717, 1.165) is 23.2 Å². The Labute approximate surface area is 105 Å². The number of aldehydes is 1. The molecule has 0 saturated heterocycles. The molecule has 2 atom stereocenters. The number of fused-ring (bicyclic) bond motifs is 2. The van der Waals surface area contributed by atoms with E-state index in [1.54, 1.807) is 6.08 Å². The molecule has 0 amide bonds. The Bertz CT molecular complexity index is 603. The highest BCUT2D eigenvalue weighted by atomic mass is 16.3. The average molecular weight is 242 g/mol. The maximum atomic E-state index is 11.9. The molecule has 3 heteroatoms. The molecule has 0 bridgehead atoms. The summed E-state index contributed by atoms with van der Waals surface area (Å²) in [5.41, 5.74) is 2.39. The van der Waals surface area contributed by atoms with Gasteiger partial charge in [0, 0.05) is 16.9 Å². The third-order valence-electron chi connectivity index (χ3n) is 4.39. The van der Waals surface area contributed by atoms with E-state index in [1.807, 2.05) is 19.1 Å². The Morgan fingerprint density at radius 1 is 1.44 bits per heavy atom. The van der Waals surface area contributed by atoms with Crippen molar-refractivity contribution in [2.75, 3.05) is 0 Å². The van der Waals surface area contributed by atoms with E-state index < -0.39 is 0 Å². The van der Waals surface area contributed by atoms with E-state index in [0.29, 0.717) is 12.0 Å². The van der Waals surface area contributed by atoms with Crippen molar-refractivity contribution in [1.82, 2.24) is 0 Å². The fourth-order valence-electron chi connectivity index (χ4n) is 2.87. The topological polar surface area (TPSA) is 47.3 Å². The number of furan rings is 1. The summed E-state index contributed by atoms with van der Waals surface area (Å²) in [5.74, 6) is 0.821. The van der Waals surface area contributed by atoms with Crippen molar-refractivity contribution in [1.29, 1.82) is 0 Å². The second kappa shape index (κ2) is 3.55. The number of allylic oxidation sites excluding steroid dienone is 3. The van der Waals surface area contributed by atoms with Gasteiger partial charge in [0.05, 0.1) is 5.56 Å². The normalized spacial score (nSPS) is 29.6. The highest BCUT2D eigenvalue weighted by molar-refractivity contribution is 5.95. The molecule has 3 rings (SSSR count). The van der Waals surface area contributed by atoms with Crippen LogP contribution in [0.5, 0.6) is 0 Å². The molecule has 2 aliphatic carbocycles. The summed E-state index contributed by atoms with van der Waals surface area (Å²) >= 11 is 0. The van der Waals surface area contributed by atoms with Crippen molar-refractivity contribution in [3.63, 3.8) is 0 Å². The number of ketones is 1. The first kappa shape index (κ1) is 11.2. The molecule has 3 nitrogen and oxygen atoms in total. The molecule has 0 aliphatic heterocycles. The molecular weight excluding hydrogens is 228 g/mol. The van der Waals surface area contributed by atoms with Gasteiger partial charge in [0.25, 0.3) is 0 Å². The molecule has 92 valence electrons. The van der Waals surface area contributed by atoms with Gasteiger partial charge in [0.15, 0.2) is 12.1 Å². The van der Waals surface area contributed by atoms with Crippen LogP contribution in [0.1, 0.15) is 35.5 Å². The van der Waals surface area contributed by atoms with E-state index in [1.165, 1.54) is 6.26 Å². The highest BCUT2D eigenvalue weighted by Gasteiger charge is 2.43. The lowest BCUT2D eigenvalue weighted by Gasteiger charge is -2.40. The molecule has 1 aromatic rings. The lowest BCUT2D eigenvalue weighted by molar-refractivity contribution is -0.120. The van der Waals surface area contributed by atoms with E-state index in [9.17, 15) is 9.59 Å². The van der Waals surface area contributed by atoms with Gasteiger partial charge in [-0.05, 0) is 24.1 Å². The van der Waals surface area contributed by atoms with Crippen molar-refractivity contribution in [3.8, 4) is 0 Å². The Kier molecular flexibility index (Phi) is 2.21. The minimum Gasteiger partial charge on any atom is -0.464 e. The molecule has 0 unspecified atom stereocenters. The van der Waals surface area contributed by atoms with E-state index >= 15 is 0 Å². The van der Waals surface area contributed by atoms with Crippen LogP contribution >= 0.6 is 0 Å². The zero-order valence-electron chi connectivity index (χ0n) is 10.4. The maximum Gasteiger partial charge on any atom is 0.159 e. The SMILES string of the molecule is C[C@H]1C(=O)C=CC2=Cc3occ(C=O)c3C[C@@]21C. The second-order valence-corrected chi connectivity index (χ2v) is 5.30. The monoisotopic (exact) mass is 242 g/mol. The van der Waals surface area contributed by atoms with Gasteiger partial charge in [-0.1, -0.05) is 19.9 Å². The lowest BCUT2D eigenvalue weighted by atomic mass is 9.62. The quantitative estimate of drug-likeness (QED) is 0.711. The minimum absolute atomic E-state index is 0.0729. The average Bonchev–Trinajstić information content (AvgIpc) is 2.74. The summed E-state index contributed by atoms with van der Waals surface area (Å²) in [4.78, 5) is 22.8. The van der Waals surface area contributed by atoms with Crippen LogP contribution in [-0.2, 0) is 11.2 Å². The van der Waals surface area contributed by atoms with Gasteiger partial charge in [-0.3, -0.25) is 9.59 Å². The maximum absolute atomic E-state index is 11.9. The molecule has 0 fully saturated rings. The van der Waals surface area contributed by atoms with Gasteiger partial charge in [-0.25, -0.2) is 0 Å². The number of hydrogen-bond acceptors (Lipinski definition) is 3. The standard InChI is InChI=1S/C15H14O3/c1-9-13(17)4-3-11-5-14-12(6-15(9,11)2)10(7-16)8-18-14/h3-5,7-9H,6H2,1-2H3/t9-,15+/m0/s1. The van der Waals surface area contributed by atoms with Gasteiger partial charge in [0.1, 0.15) is 12.0 Å². The Balaban J connectivity index is 2.19. The molecule has 0 spiro atoms. The van der Waals surface area contributed by atoms with Crippen LogP contribution in [0, 0.1) is 11.3 Å². The van der Waals surface area contributed by atoms with Crippen LogP contribution in [0.3, 0.4) is 0 Å². The van der Waals surface area contributed by atoms with Gasteiger partial charge in [-0.2, -0.15) is 0 Å². The summed E-state index contributed by atoms with van der Waals surface area (Å²) in [5, 5.41) is 0. The molecule has 0 N–H and O–H groups in total. The third-order valence-corrected chi connectivity index (χ3v) is 4.39. The van der Waals surface area contributed by atoms with E-state index in [2.05, 4.69) is 6.92 Å². The first-order valence-electron chi connectivity index (χ1n) is 6.06. The molecular formula is C15H14O3. The van der Waals surface area contributed by atoms with Crippen LogP contribution in [0.25, 0.3) is 6.08 Å². The number of hydrogen-bond donors (Lipinski definition) is 0. The summed E-state index contributed by atoms with van der Waals surface area (Å²) in [6, 6.07) is 0. The molecule has 0 aromatic carbocycles. The van der Waals surface area contributed by atoms with Crippen molar-refractivity contribution < 1.29 is 14.0 Å². The second-order valence-electron chi connectivity index (χ2n) is 5.30. The summed E-state index contributed by atoms with van der Waals surface area (Å²) in [6.07, 6.45) is 8.43. The minimum atomic E-state index is -0.236. The number of carbonyl (C=O) groups excluding carboxylic acids is 2. The molecule has 0 saturated carbocycles. The number of rotatable bonds is 1. The molecule has 1 heterocycles. The van der Waals surface area contributed by atoms with Crippen LogP contribution in [0.15, 0.2) is 28.4 Å². The molecule has 0 radical (unpaired) electrons. The van der Waals surface area contributed by atoms with E-state index in [-0.39, 0.29) is 17.1 Å².